The van der Waals surface area contributed by atoms with E-state index in [9.17, 15) is 4.39 Å². The smallest absolute Gasteiger partial charge is 0.170 e. The molecule has 0 saturated carbocycles. The summed E-state index contributed by atoms with van der Waals surface area (Å²) in [7, 11) is 0. The molecule has 0 atom stereocenters. The van der Waals surface area contributed by atoms with Gasteiger partial charge in [0.2, 0.25) is 0 Å². The van der Waals surface area contributed by atoms with E-state index in [0.717, 1.165) is 5.56 Å². The van der Waals surface area contributed by atoms with E-state index in [0.29, 0.717) is 22.8 Å². The lowest BCUT2D eigenvalue weighted by molar-refractivity contribution is 0.105. The van der Waals surface area contributed by atoms with Crippen molar-refractivity contribution >= 4 is 17.4 Å². The Morgan fingerprint density at radius 2 is 1.90 bits per heavy atom. The Hall–Kier alpha value is -2.11. The molecule has 2 aromatic rings. The van der Waals surface area contributed by atoms with Crippen LogP contribution in [0.1, 0.15) is 16.7 Å². The van der Waals surface area contributed by atoms with E-state index >= 15 is 0 Å². The fourth-order valence-corrected chi connectivity index (χ4v) is 1.87. The molecule has 0 radical (unpaired) electrons. The van der Waals surface area contributed by atoms with Gasteiger partial charge >= 0.3 is 0 Å². The first-order valence-electron chi connectivity index (χ1n) is 6.18. The molecule has 0 heterocycles. The monoisotopic (exact) mass is 308 g/mol. The van der Waals surface area contributed by atoms with Crippen LogP contribution in [-0.4, -0.2) is 11.0 Å². The molecule has 0 bridgehead atoms. The molecule has 4 nitrogen and oxygen atoms in total. The number of oxime groups is 1. The molecule has 0 fully saturated rings. The highest BCUT2D eigenvalue weighted by Gasteiger charge is 2.06. The van der Waals surface area contributed by atoms with E-state index in [1.54, 1.807) is 24.3 Å². The Morgan fingerprint density at radius 1 is 1.19 bits per heavy atom. The summed E-state index contributed by atoms with van der Waals surface area (Å²) in [5.74, 6) is -0.599. The van der Waals surface area contributed by atoms with E-state index in [-0.39, 0.29) is 12.4 Å². The first-order valence-corrected chi connectivity index (χ1v) is 6.56. The third kappa shape index (κ3) is 4.18. The summed E-state index contributed by atoms with van der Waals surface area (Å²) in [6, 6.07) is 11.6. The lowest BCUT2D eigenvalue weighted by Crippen LogP contribution is -2.13. The molecule has 2 rings (SSSR count). The molecule has 0 unspecified atom stereocenters. The molecule has 0 aromatic heterocycles. The Labute approximate surface area is 126 Å². The van der Waals surface area contributed by atoms with Crippen LogP contribution in [0.15, 0.2) is 47.6 Å². The lowest BCUT2D eigenvalue weighted by Gasteiger charge is -2.07. The van der Waals surface area contributed by atoms with Crippen LogP contribution in [0.3, 0.4) is 0 Å². The number of hydrogen-bond donors (Lipinski definition) is 2. The summed E-state index contributed by atoms with van der Waals surface area (Å²) < 4.78 is 19.3. The van der Waals surface area contributed by atoms with Crippen LogP contribution < -0.4 is 5.73 Å². The predicted octanol–water partition coefficient (Wildman–Crippen LogP) is 3.29. The van der Waals surface area contributed by atoms with Crippen LogP contribution in [0, 0.1) is 5.82 Å². The van der Waals surface area contributed by atoms with Crippen molar-refractivity contribution in [2.45, 2.75) is 13.2 Å². The van der Waals surface area contributed by atoms with Crippen molar-refractivity contribution in [2.75, 3.05) is 0 Å². The minimum absolute atomic E-state index is 0.130. The highest BCUT2D eigenvalue weighted by atomic mass is 35.5. The van der Waals surface area contributed by atoms with Crippen LogP contribution in [0.25, 0.3) is 0 Å². The van der Waals surface area contributed by atoms with Crippen molar-refractivity contribution in [1.82, 2.24) is 0 Å². The van der Waals surface area contributed by atoms with E-state index in [2.05, 4.69) is 5.16 Å². The van der Waals surface area contributed by atoms with Gasteiger partial charge in [-0.25, -0.2) is 4.39 Å². The first kappa shape index (κ1) is 15.3. The maximum Gasteiger partial charge on any atom is 0.170 e. The largest absolute Gasteiger partial charge is 0.409 e. The van der Waals surface area contributed by atoms with Crippen LogP contribution in [0.4, 0.5) is 4.39 Å². The van der Waals surface area contributed by atoms with E-state index in [1.807, 2.05) is 12.1 Å². The molecular formula is C15H14ClFN2O2. The summed E-state index contributed by atoms with van der Waals surface area (Å²) >= 11 is 5.79. The topological polar surface area (TPSA) is 67.8 Å². The summed E-state index contributed by atoms with van der Waals surface area (Å²) in [6.45, 7) is 0.490. The molecule has 21 heavy (non-hydrogen) atoms. The third-order valence-electron chi connectivity index (χ3n) is 2.90. The molecule has 0 spiro atoms. The standard InChI is InChI=1S/C15H14ClFN2O2/c16-13-5-1-10(2-6-13)8-21-9-12-4-3-11(7-14(12)17)15(18)19-20/h1-7,20H,8-9H2,(H2,18,19). The number of nitrogens with zero attached hydrogens (tertiary/aromatic N) is 1. The van der Waals surface area contributed by atoms with Crippen molar-refractivity contribution in [2.24, 2.45) is 10.9 Å². The highest BCUT2D eigenvalue weighted by Crippen LogP contribution is 2.14. The molecule has 0 amide bonds. The minimum Gasteiger partial charge on any atom is -0.409 e. The average molecular weight is 309 g/mol. The van der Waals surface area contributed by atoms with E-state index < -0.39 is 5.82 Å². The SMILES string of the molecule is NC(=NO)c1ccc(COCc2ccc(Cl)cc2)c(F)c1. The van der Waals surface area contributed by atoms with E-state index in [4.69, 9.17) is 27.3 Å². The molecule has 3 N–H and O–H groups in total. The number of rotatable bonds is 5. The molecule has 2 aromatic carbocycles. The van der Waals surface area contributed by atoms with Gasteiger partial charge in [-0.15, -0.1) is 0 Å². The Balaban J connectivity index is 1.96. The molecular weight excluding hydrogens is 295 g/mol. The van der Waals surface area contributed by atoms with Crippen molar-refractivity contribution in [3.8, 4) is 0 Å². The lowest BCUT2D eigenvalue weighted by atomic mass is 10.1. The van der Waals surface area contributed by atoms with Crippen LogP contribution in [0.5, 0.6) is 0 Å². The number of ether oxygens (including phenoxy) is 1. The Kier molecular flexibility index (Phi) is 5.14. The van der Waals surface area contributed by atoms with Gasteiger partial charge in [0.25, 0.3) is 0 Å². The first-order chi connectivity index (χ1) is 10.1. The zero-order chi connectivity index (χ0) is 15.2. The number of halogens is 2. The van der Waals surface area contributed by atoms with Crippen LogP contribution in [-0.2, 0) is 18.0 Å². The van der Waals surface area contributed by atoms with Gasteiger partial charge in [-0.1, -0.05) is 41.0 Å². The molecule has 110 valence electrons. The molecule has 6 heteroatoms. The second kappa shape index (κ2) is 7.06. The Morgan fingerprint density at radius 3 is 2.52 bits per heavy atom. The van der Waals surface area contributed by atoms with Gasteiger partial charge in [-0.3, -0.25) is 0 Å². The third-order valence-corrected chi connectivity index (χ3v) is 3.15. The maximum atomic E-state index is 13.8. The summed E-state index contributed by atoms with van der Waals surface area (Å²) in [5.41, 5.74) is 7.06. The summed E-state index contributed by atoms with van der Waals surface area (Å²) in [6.07, 6.45) is 0. The maximum absolute atomic E-state index is 13.8. The number of hydrogen-bond acceptors (Lipinski definition) is 3. The van der Waals surface area contributed by atoms with Gasteiger partial charge in [-0.2, -0.15) is 0 Å². The fraction of sp³-hybridized carbons (Fsp3) is 0.133. The average Bonchev–Trinajstić information content (AvgIpc) is 2.50. The quantitative estimate of drug-likeness (QED) is 0.385. The van der Waals surface area contributed by atoms with Gasteiger partial charge in [0.15, 0.2) is 5.84 Å². The molecule has 0 aliphatic carbocycles. The van der Waals surface area contributed by atoms with Gasteiger partial charge in [0.1, 0.15) is 5.82 Å². The minimum atomic E-state index is -0.463. The van der Waals surface area contributed by atoms with Crippen molar-refractivity contribution < 1.29 is 14.3 Å². The van der Waals surface area contributed by atoms with Gasteiger partial charge in [0, 0.05) is 16.1 Å². The highest BCUT2D eigenvalue weighted by molar-refractivity contribution is 6.30. The normalized spacial score (nSPS) is 11.6. The molecule has 0 aliphatic rings. The molecule has 0 aliphatic heterocycles. The fourth-order valence-electron chi connectivity index (χ4n) is 1.74. The summed E-state index contributed by atoms with van der Waals surface area (Å²) in [4.78, 5) is 0. The zero-order valence-electron chi connectivity index (χ0n) is 11.1. The van der Waals surface area contributed by atoms with E-state index in [1.165, 1.54) is 6.07 Å². The summed E-state index contributed by atoms with van der Waals surface area (Å²) in [5, 5.41) is 12.0. The molecule has 0 saturated heterocycles. The predicted molar refractivity (Wildman–Crippen MR) is 78.9 cm³/mol. The second-order valence-electron chi connectivity index (χ2n) is 4.41. The number of nitrogens with two attached hydrogens (primary N) is 1. The number of amidine groups is 1. The van der Waals surface area contributed by atoms with Gasteiger partial charge < -0.3 is 15.7 Å². The van der Waals surface area contributed by atoms with Gasteiger partial charge in [0.05, 0.1) is 13.2 Å². The van der Waals surface area contributed by atoms with Crippen LogP contribution >= 0.6 is 11.6 Å². The van der Waals surface area contributed by atoms with Crippen molar-refractivity contribution in [3.63, 3.8) is 0 Å². The van der Waals surface area contributed by atoms with Crippen molar-refractivity contribution in [3.05, 3.63) is 70.0 Å². The number of benzene rings is 2. The Bertz CT molecular complexity index is 645. The van der Waals surface area contributed by atoms with Crippen molar-refractivity contribution in [1.29, 1.82) is 0 Å². The van der Waals surface area contributed by atoms with Crippen LogP contribution in [0.2, 0.25) is 5.02 Å². The second-order valence-corrected chi connectivity index (χ2v) is 4.85. The van der Waals surface area contributed by atoms with Gasteiger partial charge in [-0.05, 0) is 23.8 Å². The zero-order valence-corrected chi connectivity index (χ0v) is 11.8.